The molecule has 144 valence electrons. The predicted molar refractivity (Wildman–Crippen MR) is 108 cm³/mol. The number of rotatable bonds is 4. The molecule has 1 saturated heterocycles. The van der Waals surface area contributed by atoms with Gasteiger partial charge in [-0.1, -0.05) is 25.1 Å². The molecule has 0 radical (unpaired) electrons. The topological polar surface area (TPSA) is 66.9 Å². The van der Waals surface area contributed by atoms with Crippen LogP contribution in [0.4, 0.5) is 11.4 Å². The van der Waals surface area contributed by atoms with E-state index in [2.05, 4.69) is 0 Å². The number of ether oxygens (including phenoxy) is 1. The van der Waals surface area contributed by atoms with Crippen molar-refractivity contribution in [1.82, 2.24) is 0 Å². The molecule has 2 heterocycles. The number of hydrogen-bond donors (Lipinski definition) is 0. The van der Waals surface area contributed by atoms with Crippen LogP contribution in [-0.2, 0) is 19.3 Å². The molecule has 1 unspecified atom stereocenters. The number of thioether (sulfide) groups is 1. The molecule has 1 atom stereocenters. The SMILES string of the molecule is CCOc1ccc(N2C(=O)CSC23C(=O)N(C(=O)CC)c2ccccc23)cc1. The summed E-state index contributed by atoms with van der Waals surface area (Å²) in [5, 5.41) is 0. The van der Waals surface area contributed by atoms with E-state index in [9.17, 15) is 14.4 Å². The van der Waals surface area contributed by atoms with Crippen LogP contribution >= 0.6 is 11.8 Å². The molecule has 2 aliphatic heterocycles. The van der Waals surface area contributed by atoms with Crippen molar-refractivity contribution in [2.45, 2.75) is 25.1 Å². The van der Waals surface area contributed by atoms with E-state index in [0.29, 0.717) is 29.3 Å². The van der Waals surface area contributed by atoms with Gasteiger partial charge < -0.3 is 4.74 Å². The quantitative estimate of drug-likeness (QED) is 0.793. The van der Waals surface area contributed by atoms with Crippen molar-refractivity contribution in [1.29, 1.82) is 0 Å². The first-order valence-electron chi connectivity index (χ1n) is 9.21. The summed E-state index contributed by atoms with van der Waals surface area (Å²) in [5.41, 5.74) is 1.83. The van der Waals surface area contributed by atoms with E-state index in [0.717, 1.165) is 0 Å². The van der Waals surface area contributed by atoms with E-state index in [-0.39, 0.29) is 29.9 Å². The Kier molecular flexibility index (Phi) is 4.63. The van der Waals surface area contributed by atoms with Crippen molar-refractivity contribution < 1.29 is 19.1 Å². The minimum atomic E-state index is -1.26. The van der Waals surface area contributed by atoms with Gasteiger partial charge >= 0.3 is 0 Å². The van der Waals surface area contributed by atoms with E-state index in [4.69, 9.17) is 4.74 Å². The molecule has 2 aliphatic rings. The highest BCUT2D eigenvalue weighted by Gasteiger charge is 2.61. The van der Waals surface area contributed by atoms with Gasteiger partial charge in [0.05, 0.1) is 18.0 Å². The van der Waals surface area contributed by atoms with Crippen molar-refractivity contribution in [2.75, 3.05) is 22.2 Å². The Labute approximate surface area is 167 Å². The largest absolute Gasteiger partial charge is 0.494 e. The lowest BCUT2D eigenvalue weighted by atomic mass is 10.0. The average molecular weight is 396 g/mol. The maximum absolute atomic E-state index is 13.6. The second-order valence-corrected chi connectivity index (χ2v) is 7.66. The molecule has 28 heavy (non-hydrogen) atoms. The summed E-state index contributed by atoms with van der Waals surface area (Å²) in [7, 11) is 0. The Morgan fingerprint density at radius 2 is 1.82 bits per heavy atom. The number of carbonyl (C=O) groups is 3. The zero-order chi connectivity index (χ0) is 19.9. The molecular weight excluding hydrogens is 376 g/mol. The zero-order valence-corrected chi connectivity index (χ0v) is 16.5. The monoisotopic (exact) mass is 396 g/mol. The van der Waals surface area contributed by atoms with Crippen LogP contribution in [0.15, 0.2) is 48.5 Å². The fourth-order valence-electron chi connectivity index (χ4n) is 3.75. The maximum atomic E-state index is 13.6. The molecule has 4 rings (SSSR count). The molecule has 1 fully saturated rings. The second kappa shape index (κ2) is 6.98. The van der Waals surface area contributed by atoms with Crippen LogP contribution in [-0.4, -0.2) is 30.1 Å². The summed E-state index contributed by atoms with van der Waals surface area (Å²) in [6.45, 7) is 4.17. The van der Waals surface area contributed by atoms with Crippen molar-refractivity contribution >= 4 is 40.9 Å². The third-order valence-corrected chi connectivity index (χ3v) is 6.32. The second-order valence-electron chi connectivity index (χ2n) is 6.49. The van der Waals surface area contributed by atoms with Crippen LogP contribution in [0.3, 0.4) is 0 Å². The van der Waals surface area contributed by atoms with Crippen molar-refractivity contribution in [3.63, 3.8) is 0 Å². The number of benzene rings is 2. The minimum absolute atomic E-state index is 0.164. The van der Waals surface area contributed by atoms with Crippen LogP contribution in [0, 0.1) is 0 Å². The Balaban J connectivity index is 1.86. The number of para-hydroxylation sites is 1. The normalized spacial score (nSPS) is 20.8. The number of carbonyl (C=O) groups excluding carboxylic acids is 3. The smallest absolute Gasteiger partial charge is 0.275 e. The summed E-state index contributed by atoms with van der Waals surface area (Å²) in [6, 6.07) is 14.3. The van der Waals surface area contributed by atoms with Gasteiger partial charge in [-0.3, -0.25) is 19.3 Å². The minimum Gasteiger partial charge on any atom is -0.494 e. The van der Waals surface area contributed by atoms with Crippen LogP contribution in [0.5, 0.6) is 5.75 Å². The Morgan fingerprint density at radius 3 is 2.50 bits per heavy atom. The summed E-state index contributed by atoms with van der Waals surface area (Å²) < 4.78 is 5.48. The van der Waals surface area contributed by atoms with Crippen LogP contribution in [0.1, 0.15) is 25.8 Å². The summed E-state index contributed by atoms with van der Waals surface area (Å²) in [5.74, 6) is 0.0383. The highest BCUT2D eigenvalue weighted by Crippen LogP contribution is 2.55. The number of anilines is 2. The zero-order valence-electron chi connectivity index (χ0n) is 15.7. The summed E-state index contributed by atoms with van der Waals surface area (Å²) in [6.07, 6.45) is 0.206. The van der Waals surface area contributed by atoms with Crippen LogP contribution in [0.2, 0.25) is 0 Å². The first-order chi connectivity index (χ1) is 13.5. The Bertz CT molecular complexity index is 959. The van der Waals surface area contributed by atoms with E-state index in [1.807, 2.05) is 19.1 Å². The molecular formula is C21H20N2O4S. The lowest BCUT2D eigenvalue weighted by molar-refractivity contribution is -0.128. The summed E-state index contributed by atoms with van der Waals surface area (Å²) >= 11 is 1.26. The third-order valence-electron chi connectivity index (χ3n) is 4.93. The number of hydrogen-bond acceptors (Lipinski definition) is 5. The molecule has 0 aliphatic carbocycles. The van der Waals surface area contributed by atoms with Gasteiger partial charge in [-0.15, -0.1) is 11.8 Å². The Hall–Kier alpha value is -2.80. The fourth-order valence-corrected chi connectivity index (χ4v) is 5.09. The van der Waals surface area contributed by atoms with Crippen LogP contribution in [0.25, 0.3) is 0 Å². The molecule has 1 spiro atoms. The molecule has 2 aromatic carbocycles. The van der Waals surface area contributed by atoms with Crippen molar-refractivity contribution in [3.05, 3.63) is 54.1 Å². The lowest BCUT2D eigenvalue weighted by Gasteiger charge is -2.33. The fraction of sp³-hybridized carbons (Fsp3) is 0.286. The summed E-state index contributed by atoms with van der Waals surface area (Å²) in [4.78, 5) is 40.5. The number of nitrogens with zero attached hydrogens (tertiary/aromatic N) is 2. The molecule has 2 aromatic rings. The van der Waals surface area contributed by atoms with E-state index < -0.39 is 4.87 Å². The van der Waals surface area contributed by atoms with E-state index >= 15 is 0 Å². The lowest BCUT2D eigenvalue weighted by Crippen LogP contribution is -2.50. The van der Waals surface area contributed by atoms with E-state index in [1.165, 1.54) is 21.6 Å². The molecule has 6 nitrogen and oxygen atoms in total. The maximum Gasteiger partial charge on any atom is 0.275 e. The van der Waals surface area contributed by atoms with Gasteiger partial charge in [-0.05, 0) is 37.3 Å². The molecule has 7 heteroatoms. The van der Waals surface area contributed by atoms with Gasteiger partial charge in [-0.25, -0.2) is 4.90 Å². The third kappa shape index (κ3) is 2.53. The number of imide groups is 1. The molecule has 3 amide bonds. The predicted octanol–water partition coefficient (Wildman–Crippen LogP) is 3.30. The standard InChI is InChI=1S/C21H20N2O4S/c1-3-18(24)22-17-8-6-5-7-16(17)21(20(22)26)23(19(25)13-28-21)14-9-11-15(12-10-14)27-4-2/h5-12H,3-4,13H2,1-2H3. The number of fused-ring (bicyclic) bond motifs is 2. The molecule has 0 saturated carbocycles. The van der Waals surface area contributed by atoms with Gasteiger partial charge in [0, 0.05) is 17.7 Å². The van der Waals surface area contributed by atoms with Gasteiger partial charge in [0.1, 0.15) is 5.75 Å². The van der Waals surface area contributed by atoms with Crippen molar-refractivity contribution in [3.8, 4) is 5.75 Å². The van der Waals surface area contributed by atoms with Crippen molar-refractivity contribution in [2.24, 2.45) is 0 Å². The van der Waals surface area contributed by atoms with Crippen LogP contribution < -0.4 is 14.5 Å². The highest BCUT2D eigenvalue weighted by molar-refractivity contribution is 8.02. The first kappa shape index (κ1) is 18.6. The first-order valence-corrected chi connectivity index (χ1v) is 10.2. The molecule has 0 N–H and O–H groups in total. The molecule has 0 aromatic heterocycles. The Morgan fingerprint density at radius 1 is 1.11 bits per heavy atom. The average Bonchev–Trinajstić information content (AvgIpc) is 3.18. The number of amides is 3. The van der Waals surface area contributed by atoms with Gasteiger partial charge in [-0.2, -0.15) is 0 Å². The highest BCUT2D eigenvalue weighted by atomic mass is 32.2. The van der Waals surface area contributed by atoms with Gasteiger partial charge in [0.25, 0.3) is 5.91 Å². The van der Waals surface area contributed by atoms with Gasteiger partial charge in [0.2, 0.25) is 16.7 Å². The van der Waals surface area contributed by atoms with Gasteiger partial charge in [0.15, 0.2) is 0 Å². The molecule has 0 bridgehead atoms. The van der Waals surface area contributed by atoms with E-state index in [1.54, 1.807) is 43.3 Å².